The van der Waals surface area contributed by atoms with E-state index in [1.165, 1.54) is 11.1 Å². The van der Waals surface area contributed by atoms with Crippen molar-refractivity contribution < 1.29 is 5.11 Å². The average molecular weight is 325 g/mol. The first-order chi connectivity index (χ1) is 11.4. The van der Waals surface area contributed by atoms with Gasteiger partial charge in [0.05, 0.1) is 0 Å². The van der Waals surface area contributed by atoms with Crippen molar-refractivity contribution in [3.05, 3.63) is 71.8 Å². The van der Waals surface area contributed by atoms with Gasteiger partial charge in [0, 0.05) is 18.7 Å². The van der Waals surface area contributed by atoms with Crippen molar-refractivity contribution in [1.82, 2.24) is 5.32 Å². The van der Waals surface area contributed by atoms with Crippen molar-refractivity contribution in [3.63, 3.8) is 0 Å². The average Bonchev–Trinajstić information content (AvgIpc) is 2.56. The number of hydrogen-bond acceptors (Lipinski definition) is 2. The fraction of sp³-hybridized carbons (Fsp3) is 0.364. The molecule has 0 spiro atoms. The maximum Gasteiger partial charge on any atom is 0.120 e. The zero-order valence-corrected chi connectivity index (χ0v) is 15.7. The molecule has 1 rings (SSSR count). The van der Waals surface area contributed by atoms with Gasteiger partial charge in [0.15, 0.2) is 0 Å². The molecule has 0 saturated heterocycles. The van der Waals surface area contributed by atoms with Gasteiger partial charge in [-0.25, -0.2) is 0 Å². The van der Waals surface area contributed by atoms with Gasteiger partial charge in [0.2, 0.25) is 0 Å². The molecule has 0 bridgehead atoms. The van der Waals surface area contributed by atoms with Crippen molar-refractivity contribution in [3.8, 4) is 11.8 Å². The summed E-state index contributed by atoms with van der Waals surface area (Å²) in [6, 6.07) is 8.05. The smallest absolute Gasteiger partial charge is 0.120 e. The Bertz CT molecular complexity index is 590. The minimum Gasteiger partial charge on any atom is -0.378 e. The molecular formula is C22H31NO. The fourth-order valence-electron chi connectivity index (χ4n) is 1.82. The molecule has 0 heterocycles. The van der Waals surface area contributed by atoms with Gasteiger partial charge >= 0.3 is 0 Å². The zero-order chi connectivity index (χ0) is 18.4. The van der Waals surface area contributed by atoms with E-state index >= 15 is 0 Å². The molecule has 1 aromatic rings. The Morgan fingerprint density at radius 1 is 1.25 bits per heavy atom. The van der Waals surface area contributed by atoms with Crippen LogP contribution in [0.1, 0.15) is 45.7 Å². The lowest BCUT2D eigenvalue weighted by atomic mass is 10.1. The van der Waals surface area contributed by atoms with Crippen molar-refractivity contribution in [2.75, 3.05) is 6.54 Å². The third-order valence-corrected chi connectivity index (χ3v) is 2.84. The standard InChI is InChI=1S/C20H25NO.C2H6/c1-5-7-18(8-6-2)15-21-16-19-11-9-17(10-12-19)13-14-20(3,4)22;1-2/h5-12,21-22H,1,15-16H2,2-4H3;1-2H3/b8-6-,18-7+;. The summed E-state index contributed by atoms with van der Waals surface area (Å²) in [7, 11) is 0. The Labute approximate surface area is 148 Å². The highest BCUT2D eigenvalue weighted by atomic mass is 16.3. The zero-order valence-electron chi connectivity index (χ0n) is 15.7. The van der Waals surface area contributed by atoms with Gasteiger partial charge in [-0.1, -0.05) is 68.7 Å². The molecule has 2 nitrogen and oxygen atoms in total. The van der Waals surface area contributed by atoms with Crippen LogP contribution in [0, 0.1) is 11.8 Å². The molecule has 0 amide bonds. The van der Waals surface area contributed by atoms with Crippen LogP contribution in [-0.2, 0) is 6.54 Å². The van der Waals surface area contributed by atoms with E-state index in [9.17, 15) is 5.11 Å². The lowest BCUT2D eigenvalue weighted by Gasteiger charge is -2.07. The number of allylic oxidation sites excluding steroid dienone is 3. The second kappa shape index (κ2) is 12.4. The first-order valence-corrected chi connectivity index (χ1v) is 8.44. The predicted molar refractivity (Wildman–Crippen MR) is 106 cm³/mol. The summed E-state index contributed by atoms with van der Waals surface area (Å²) in [5.74, 6) is 5.78. The second-order valence-electron chi connectivity index (χ2n) is 5.59. The molecule has 2 N–H and O–H groups in total. The minimum atomic E-state index is -0.957. The highest BCUT2D eigenvalue weighted by molar-refractivity contribution is 5.37. The number of nitrogens with one attached hydrogen (secondary N) is 1. The van der Waals surface area contributed by atoms with E-state index in [1.54, 1.807) is 19.9 Å². The Morgan fingerprint density at radius 3 is 2.38 bits per heavy atom. The van der Waals surface area contributed by atoms with Crippen molar-refractivity contribution in [2.45, 2.75) is 46.8 Å². The summed E-state index contributed by atoms with van der Waals surface area (Å²) in [5.41, 5.74) is 2.35. The van der Waals surface area contributed by atoms with Crippen LogP contribution >= 0.6 is 0 Å². The van der Waals surface area contributed by atoms with Crippen LogP contribution in [0.5, 0.6) is 0 Å². The summed E-state index contributed by atoms with van der Waals surface area (Å²) >= 11 is 0. The van der Waals surface area contributed by atoms with Crippen LogP contribution in [0.15, 0.2) is 60.7 Å². The van der Waals surface area contributed by atoms with E-state index in [0.717, 1.165) is 18.7 Å². The molecule has 0 aliphatic heterocycles. The molecule has 0 radical (unpaired) electrons. The molecule has 0 aromatic heterocycles. The van der Waals surface area contributed by atoms with Crippen LogP contribution in [-0.4, -0.2) is 17.3 Å². The first kappa shape index (κ1) is 21.9. The van der Waals surface area contributed by atoms with Crippen molar-refractivity contribution in [2.24, 2.45) is 0 Å². The summed E-state index contributed by atoms with van der Waals surface area (Å²) in [6.45, 7) is 14.7. The largest absolute Gasteiger partial charge is 0.378 e. The molecule has 2 heteroatoms. The normalized spacial score (nSPS) is 11.3. The van der Waals surface area contributed by atoms with Crippen molar-refractivity contribution in [1.29, 1.82) is 0 Å². The van der Waals surface area contributed by atoms with Gasteiger partial charge in [0.1, 0.15) is 5.60 Å². The van der Waals surface area contributed by atoms with E-state index in [0.29, 0.717) is 0 Å². The molecule has 1 aromatic carbocycles. The topological polar surface area (TPSA) is 32.3 Å². The minimum absolute atomic E-state index is 0.797. The maximum absolute atomic E-state index is 9.59. The molecule has 0 aliphatic carbocycles. The Morgan fingerprint density at radius 2 is 1.88 bits per heavy atom. The monoisotopic (exact) mass is 325 g/mol. The third kappa shape index (κ3) is 10.6. The van der Waals surface area contributed by atoms with Crippen molar-refractivity contribution >= 4 is 0 Å². The van der Waals surface area contributed by atoms with Crippen LogP contribution in [0.25, 0.3) is 0 Å². The quantitative estimate of drug-likeness (QED) is 0.591. The van der Waals surface area contributed by atoms with E-state index in [2.05, 4.69) is 29.8 Å². The SMILES string of the molecule is C=C/C=C(\C=C/C)CNCc1ccc(C#CC(C)(C)O)cc1.CC. The Balaban J connectivity index is 0.00000254. The molecule has 130 valence electrons. The van der Waals surface area contributed by atoms with Gasteiger partial charge in [-0.05, 0) is 44.0 Å². The highest BCUT2D eigenvalue weighted by Gasteiger charge is 2.05. The lowest BCUT2D eigenvalue weighted by Crippen LogP contribution is -2.16. The molecule has 0 atom stereocenters. The van der Waals surface area contributed by atoms with Gasteiger partial charge in [-0.3, -0.25) is 0 Å². The predicted octanol–water partition coefficient (Wildman–Crippen LogP) is 4.61. The molecule has 0 saturated carbocycles. The maximum atomic E-state index is 9.59. The van der Waals surface area contributed by atoms with E-state index < -0.39 is 5.60 Å². The lowest BCUT2D eigenvalue weighted by molar-refractivity contribution is 0.143. The van der Waals surface area contributed by atoms with Crippen LogP contribution in [0.2, 0.25) is 0 Å². The van der Waals surface area contributed by atoms with Gasteiger partial charge in [-0.15, -0.1) is 0 Å². The highest BCUT2D eigenvalue weighted by Crippen LogP contribution is 2.05. The van der Waals surface area contributed by atoms with E-state index in [4.69, 9.17) is 0 Å². The number of rotatable bonds is 6. The van der Waals surface area contributed by atoms with E-state index in [1.807, 2.05) is 57.2 Å². The molecule has 24 heavy (non-hydrogen) atoms. The van der Waals surface area contributed by atoms with Gasteiger partial charge < -0.3 is 10.4 Å². The fourth-order valence-corrected chi connectivity index (χ4v) is 1.82. The summed E-state index contributed by atoms with van der Waals surface area (Å²) in [4.78, 5) is 0. The van der Waals surface area contributed by atoms with Crippen LogP contribution < -0.4 is 5.32 Å². The number of hydrogen-bond donors (Lipinski definition) is 2. The first-order valence-electron chi connectivity index (χ1n) is 8.44. The van der Waals surface area contributed by atoms with Crippen LogP contribution in [0.3, 0.4) is 0 Å². The molecule has 0 fully saturated rings. The summed E-state index contributed by atoms with van der Waals surface area (Å²) in [5, 5.41) is 13.0. The third-order valence-electron chi connectivity index (χ3n) is 2.84. The number of benzene rings is 1. The summed E-state index contributed by atoms with van der Waals surface area (Å²) < 4.78 is 0. The Kier molecular flexibility index (Phi) is 11.3. The molecular weight excluding hydrogens is 294 g/mol. The van der Waals surface area contributed by atoms with Gasteiger partial charge in [-0.2, -0.15) is 0 Å². The Hall–Kier alpha value is -2.08. The molecule has 0 aliphatic rings. The summed E-state index contributed by atoms with van der Waals surface area (Å²) in [6.07, 6.45) is 7.90. The van der Waals surface area contributed by atoms with E-state index in [-0.39, 0.29) is 0 Å². The number of aliphatic hydroxyl groups is 1. The second-order valence-corrected chi connectivity index (χ2v) is 5.59. The van der Waals surface area contributed by atoms with Crippen LogP contribution in [0.4, 0.5) is 0 Å². The molecule has 0 unspecified atom stereocenters. The van der Waals surface area contributed by atoms with Gasteiger partial charge in [0.25, 0.3) is 0 Å².